The van der Waals surface area contributed by atoms with Crippen molar-refractivity contribution in [2.45, 2.75) is 0 Å². The van der Waals surface area contributed by atoms with Gasteiger partial charge in [0.05, 0.1) is 24.8 Å². The quantitative estimate of drug-likeness (QED) is 0.815. The summed E-state index contributed by atoms with van der Waals surface area (Å²) in [6.45, 7) is 0.152. The lowest BCUT2D eigenvalue weighted by Crippen LogP contribution is -2.19. The second kappa shape index (κ2) is 7.24. The molecule has 2 aromatic carbocycles. The molecule has 138 valence electrons. The van der Waals surface area contributed by atoms with E-state index in [0.29, 0.717) is 27.3 Å². The molecule has 4 rings (SSSR count). The molecule has 1 amide bonds. The van der Waals surface area contributed by atoms with Crippen LogP contribution in [0.3, 0.4) is 0 Å². The van der Waals surface area contributed by atoms with Gasteiger partial charge in [0.1, 0.15) is 5.75 Å². The van der Waals surface area contributed by atoms with Crippen molar-refractivity contribution in [3.63, 3.8) is 0 Å². The number of thioether (sulfide) groups is 1. The van der Waals surface area contributed by atoms with Gasteiger partial charge in [0.15, 0.2) is 16.7 Å². The number of aliphatic imine (C=N–C) groups is 1. The molecule has 0 saturated carbocycles. The highest BCUT2D eigenvalue weighted by Gasteiger charge is 2.25. The molecule has 7 nitrogen and oxygen atoms in total. The van der Waals surface area contributed by atoms with E-state index < -0.39 is 0 Å². The molecule has 1 fully saturated rings. The highest BCUT2D eigenvalue weighted by atomic mass is 32.2. The molecule has 1 saturated heterocycles. The molecule has 27 heavy (non-hydrogen) atoms. The number of hydrogen-bond donors (Lipinski definition) is 1. The third-order valence-electron chi connectivity index (χ3n) is 3.93. The molecule has 2 aromatic rings. The summed E-state index contributed by atoms with van der Waals surface area (Å²) in [4.78, 5) is 17.3. The number of ether oxygens (including phenoxy) is 4. The lowest BCUT2D eigenvalue weighted by molar-refractivity contribution is -0.115. The first-order chi connectivity index (χ1) is 13.2. The van der Waals surface area contributed by atoms with Gasteiger partial charge in [0, 0.05) is 0 Å². The van der Waals surface area contributed by atoms with Crippen LogP contribution in [0.25, 0.3) is 6.08 Å². The zero-order valence-corrected chi connectivity index (χ0v) is 15.5. The fraction of sp³-hybridized carbons (Fsp3) is 0.158. The zero-order chi connectivity index (χ0) is 18.8. The molecule has 0 aromatic heterocycles. The smallest absolute Gasteiger partial charge is 0.264 e. The molecular weight excluding hydrogens is 368 g/mol. The summed E-state index contributed by atoms with van der Waals surface area (Å²) in [5.74, 6) is 2.28. The van der Waals surface area contributed by atoms with Crippen LogP contribution in [-0.4, -0.2) is 32.1 Å². The number of hydrogen-bond acceptors (Lipinski definition) is 7. The lowest BCUT2D eigenvalue weighted by Gasteiger charge is -2.06. The van der Waals surface area contributed by atoms with Crippen LogP contribution in [0.15, 0.2) is 46.3 Å². The second-order valence-corrected chi connectivity index (χ2v) is 6.67. The molecule has 0 spiro atoms. The standard InChI is InChI=1S/C19H16N2O5S/c1-23-13-5-3-12(4-6-13)20-19-21-18(22)16(27-19)9-11-7-14(24-2)17-15(8-11)25-10-26-17/h3-9H,10H2,1-2H3,(H,20,21,22)/b16-9+. The fourth-order valence-electron chi connectivity index (χ4n) is 2.64. The Morgan fingerprint density at radius 3 is 2.70 bits per heavy atom. The van der Waals surface area contributed by atoms with Crippen molar-refractivity contribution in [2.75, 3.05) is 21.0 Å². The molecule has 1 N–H and O–H groups in total. The van der Waals surface area contributed by atoms with Crippen LogP contribution in [0.1, 0.15) is 5.56 Å². The van der Waals surface area contributed by atoms with Gasteiger partial charge in [-0.3, -0.25) is 4.79 Å². The van der Waals surface area contributed by atoms with Crippen LogP contribution in [-0.2, 0) is 4.79 Å². The molecular formula is C19H16N2O5S. The zero-order valence-electron chi connectivity index (χ0n) is 14.6. The van der Waals surface area contributed by atoms with E-state index in [4.69, 9.17) is 18.9 Å². The van der Waals surface area contributed by atoms with E-state index in [1.165, 1.54) is 11.8 Å². The number of carbonyl (C=O) groups is 1. The Morgan fingerprint density at radius 1 is 1.15 bits per heavy atom. The van der Waals surface area contributed by atoms with Crippen molar-refractivity contribution in [3.8, 4) is 23.0 Å². The van der Waals surface area contributed by atoms with Crippen LogP contribution >= 0.6 is 11.8 Å². The highest BCUT2D eigenvalue weighted by molar-refractivity contribution is 8.18. The number of nitrogens with one attached hydrogen (secondary N) is 1. The average molecular weight is 384 g/mol. The molecule has 0 unspecified atom stereocenters. The van der Waals surface area contributed by atoms with E-state index in [1.54, 1.807) is 26.4 Å². The third kappa shape index (κ3) is 3.56. The second-order valence-electron chi connectivity index (χ2n) is 5.64. The Balaban J connectivity index is 1.58. The average Bonchev–Trinajstić information content (AvgIpc) is 3.28. The van der Waals surface area contributed by atoms with Crippen molar-refractivity contribution in [3.05, 3.63) is 46.9 Å². The maximum atomic E-state index is 12.3. The summed E-state index contributed by atoms with van der Waals surface area (Å²) in [7, 11) is 3.17. The minimum absolute atomic E-state index is 0.152. The van der Waals surface area contributed by atoms with Crippen molar-refractivity contribution < 1.29 is 23.7 Å². The Hall–Kier alpha value is -3.13. The van der Waals surface area contributed by atoms with Crippen molar-refractivity contribution in [1.82, 2.24) is 5.32 Å². The number of amidine groups is 1. The maximum absolute atomic E-state index is 12.3. The molecule has 2 aliphatic rings. The maximum Gasteiger partial charge on any atom is 0.264 e. The van der Waals surface area contributed by atoms with Gasteiger partial charge in [-0.05, 0) is 59.8 Å². The molecule has 0 bridgehead atoms. The number of rotatable bonds is 4. The van der Waals surface area contributed by atoms with Crippen molar-refractivity contribution in [1.29, 1.82) is 0 Å². The summed E-state index contributed by atoms with van der Waals surface area (Å²) in [6.07, 6.45) is 1.76. The van der Waals surface area contributed by atoms with E-state index in [1.807, 2.05) is 30.3 Å². The van der Waals surface area contributed by atoms with Crippen LogP contribution in [0.4, 0.5) is 5.69 Å². The van der Waals surface area contributed by atoms with E-state index in [9.17, 15) is 4.79 Å². The number of carbonyl (C=O) groups excluding carboxylic acids is 1. The molecule has 0 atom stereocenters. The summed E-state index contributed by atoms with van der Waals surface area (Å²) in [5.41, 5.74) is 1.50. The Morgan fingerprint density at radius 2 is 1.96 bits per heavy atom. The number of fused-ring (bicyclic) bond motifs is 1. The van der Waals surface area contributed by atoms with Gasteiger partial charge in [-0.15, -0.1) is 0 Å². The normalized spacial score (nSPS) is 18.1. The van der Waals surface area contributed by atoms with Gasteiger partial charge < -0.3 is 24.3 Å². The molecule has 2 aliphatic heterocycles. The fourth-order valence-corrected chi connectivity index (χ4v) is 3.48. The molecule has 8 heteroatoms. The van der Waals surface area contributed by atoms with Gasteiger partial charge in [0.25, 0.3) is 5.91 Å². The number of amides is 1. The lowest BCUT2D eigenvalue weighted by atomic mass is 10.1. The summed E-state index contributed by atoms with van der Waals surface area (Å²) < 4.78 is 21.3. The Kier molecular flexibility index (Phi) is 4.64. The van der Waals surface area contributed by atoms with Gasteiger partial charge in [-0.25, -0.2) is 4.99 Å². The largest absolute Gasteiger partial charge is 0.497 e. The van der Waals surface area contributed by atoms with E-state index >= 15 is 0 Å². The summed E-state index contributed by atoms with van der Waals surface area (Å²) >= 11 is 1.27. The van der Waals surface area contributed by atoms with Gasteiger partial charge in [-0.2, -0.15) is 0 Å². The molecule has 0 aliphatic carbocycles. The molecule has 2 heterocycles. The van der Waals surface area contributed by atoms with Gasteiger partial charge >= 0.3 is 0 Å². The van der Waals surface area contributed by atoms with Crippen molar-refractivity contribution >= 4 is 34.6 Å². The minimum Gasteiger partial charge on any atom is -0.497 e. The van der Waals surface area contributed by atoms with E-state index in [0.717, 1.165) is 17.0 Å². The van der Waals surface area contributed by atoms with Crippen molar-refractivity contribution in [2.24, 2.45) is 4.99 Å². The third-order valence-corrected chi connectivity index (χ3v) is 4.84. The SMILES string of the molecule is COc1ccc(N=C2NC(=O)/C(=C\c3cc(OC)c4c(c3)OCO4)S2)cc1. The van der Waals surface area contributed by atoms with Crippen LogP contribution < -0.4 is 24.3 Å². The predicted octanol–water partition coefficient (Wildman–Crippen LogP) is 3.32. The van der Waals surface area contributed by atoms with E-state index in [2.05, 4.69) is 10.3 Å². The highest BCUT2D eigenvalue weighted by Crippen LogP contribution is 2.42. The predicted molar refractivity (Wildman–Crippen MR) is 103 cm³/mol. The van der Waals surface area contributed by atoms with Crippen LogP contribution in [0, 0.1) is 0 Å². The van der Waals surface area contributed by atoms with E-state index in [-0.39, 0.29) is 12.7 Å². The minimum atomic E-state index is -0.205. The van der Waals surface area contributed by atoms with Gasteiger partial charge in [-0.1, -0.05) is 0 Å². The monoisotopic (exact) mass is 384 g/mol. The Labute approximate surface area is 160 Å². The van der Waals surface area contributed by atoms with Crippen LogP contribution in [0.2, 0.25) is 0 Å². The first-order valence-corrected chi connectivity index (χ1v) is 8.89. The topological polar surface area (TPSA) is 78.4 Å². The number of nitrogens with zero attached hydrogens (tertiary/aromatic N) is 1. The Bertz CT molecular complexity index is 953. The number of methoxy groups -OCH3 is 2. The number of benzene rings is 2. The first kappa shape index (κ1) is 17.3. The molecule has 0 radical (unpaired) electrons. The summed E-state index contributed by atoms with van der Waals surface area (Å²) in [5, 5.41) is 3.29. The van der Waals surface area contributed by atoms with Gasteiger partial charge in [0.2, 0.25) is 12.5 Å². The van der Waals surface area contributed by atoms with Crippen LogP contribution in [0.5, 0.6) is 23.0 Å². The summed E-state index contributed by atoms with van der Waals surface area (Å²) in [6, 6.07) is 10.9. The first-order valence-electron chi connectivity index (χ1n) is 8.07.